The average molecular weight is 525 g/mol. The Morgan fingerprint density at radius 2 is 1.06 bits per heavy atom. The Bertz CT molecular complexity index is 1030. The maximum absolute atomic E-state index is 13.9. The minimum Gasteiger partial charge on any atom is -1.00 e. The van der Waals surface area contributed by atoms with Crippen molar-refractivity contribution in [1.82, 2.24) is 9.80 Å². The summed E-state index contributed by atoms with van der Waals surface area (Å²) in [7, 11) is -2.23. The Balaban J connectivity index is 0.00000361. The molecule has 3 aromatic carbocycles. The lowest BCUT2D eigenvalue weighted by Crippen LogP contribution is -3.00. The summed E-state index contributed by atoms with van der Waals surface area (Å²) in [5, 5.41) is 3.58. The summed E-state index contributed by atoms with van der Waals surface area (Å²) in [5.74, 6) is 0.124. The molecule has 0 N–H and O–H groups in total. The number of halogens is 1. The van der Waals surface area contributed by atoms with E-state index >= 15 is 0 Å². The van der Waals surface area contributed by atoms with Crippen molar-refractivity contribution >= 4 is 35.2 Å². The van der Waals surface area contributed by atoms with E-state index in [9.17, 15) is 9.59 Å². The van der Waals surface area contributed by atoms with Gasteiger partial charge >= 0.3 is 6.09 Å². The Labute approximate surface area is 221 Å². The number of nitrogens with zero attached hydrogens (tertiary/aromatic N) is 2. The second kappa shape index (κ2) is 11.9. The van der Waals surface area contributed by atoms with Crippen LogP contribution in [0.5, 0.6) is 0 Å². The van der Waals surface area contributed by atoms with Crippen LogP contribution in [-0.4, -0.2) is 59.7 Å². The molecule has 1 aliphatic heterocycles. The van der Waals surface area contributed by atoms with Gasteiger partial charge in [-0.25, -0.2) is 4.79 Å². The molecule has 4 rings (SSSR count). The topological polar surface area (TPSA) is 49.9 Å². The van der Waals surface area contributed by atoms with Gasteiger partial charge < -0.3 is 26.9 Å². The fourth-order valence-corrected chi connectivity index (χ4v) is 8.63. The molecule has 7 heteroatoms. The molecule has 190 valence electrons. The number of ether oxygens (including phenoxy) is 1. The highest BCUT2D eigenvalue weighted by atomic mass is 35.5. The van der Waals surface area contributed by atoms with Crippen LogP contribution in [0.25, 0.3) is 0 Å². The molecule has 1 aliphatic rings. The normalized spacial score (nSPS) is 14.1. The van der Waals surface area contributed by atoms with E-state index in [1.807, 2.05) is 43.9 Å². The highest BCUT2D eigenvalue weighted by molar-refractivity contribution is 7.96. The molecule has 0 spiro atoms. The Morgan fingerprint density at radius 1 is 0.694 bits per heavy atom. The average Bonchev–Trinajstić information content (AvgIpc) is 2.88. The van der Waals surface area contributed by atoms with Gasteiger partial charge in [-0.15, -0.1) is 0 Å². The number of piperazine rings is 1. The predicted octanol–water partition coefficient (Wildman–Crippen LogP) is 1.06. The van der Waals surface area contributed by atoms with Gasteiger partial charge in [-0.1, -0.05) is 54.6 Å². The van der Waals surface area contributed by atoms with Gasteiger partial charge in [0.1, 0.15) is 28.8 Å². The third-order valence-electron chi connectivity index (χ3n) is 6.25. The van der Waals surface area contributed by atoms with Gasteiger partial charge in [0.05, 0.1) is 0 Å². The fourth-order valence-electron chi connectivity index (χ4n) is 4.54. The maximum atomic E-state index is 13.9. The Kier molecular flexibility index (Phi) is 9.16. The molecular formula is C29H34ClN2O3P. The lowest BCUT2D eigenvalue weighted by molar-refractivity contribution is -0.130. The Hall–Kier alpha value is -2.88. The van der Waals surface area contributed by atoms with E-state index in [0.717, 1.165) is 0 Å². The van der Waals surface area contributed by atoms with Gasteiger partial charge in [-0.2, -0.15) is 0 Å². The summed E-state index contributed by atoms with van der Waals surface area (Å²) in [6, 6.07) is 31.3. The fraction of sp³-hybridized carbons (Fsp3) is 0.310. The summed E-state index contributed by atoms with van der Waals surface area (Å²) < 4.78 is 5.52. The molecule has 0 atom stereocenters. The van der Waals surface area contributed by atoms with Crippen molar-refractivity contribution in [2.24, 2.45) is 0 Å². The van der Waals surface area contributed by atoms with Crippen LogP contribution in [0, 0.1) is 0 Å². The van der Waals surface area contributed by atoms with Crippen molar-refractivity contribution in [1.29, 1.82) is 0 Å². The van der Waals surface area contributed by atoms with E-state index in [1.165, 1.54) is 15.9 Å². The lowest BCUT2D eigenvalue weighted by atomic mass is 10.2. The van der Waals surface area contributed by atoms with E-state index < -0.39 is 12.9 Å². The van der Waals surface area contributed by atoms with E-state index in [2.05, 4.69) is 72.8 Å². The van der Waals surface area contributed by atoms with E-state index in [1.54, 1.807) is 4.90 Å². The molecule has 0 bridgehead atoms. The largest absolute Gasteiger partial charge is 1.00 e. The zero-order chi connectivity index (χ0) is 24.9. The summed E-state index contributed by atoms with van der Waals surface area (Å²) in [4.78, 5) is 29.9. The van der Waals surface area contributed by atoms with Gasteiger partial charge in [0, 0.05) is 26.2 Å². The third-order valence-corrected chi connectivity index (χ3v) is 10.5. The van der Waals surface area contributed by atoms with E-state index in [0.29, 0.717) is 32.3 Å². The molecule has 1 saturated heterocycles. The summed E-state index contributed by atoms with van der Waals surface area (Å²) in [6.45, 7) is 7.58. The van der Waals surface area contributed by atoms with Gasteiger partial charge in [-0.05, 0) is 57.2 Å². The van der Waals surface area contributed by atoms with Gasteiger partial charge in [0.15, 0.2) is 6.16 Å². The van der Waals surface area contributed by atoms with Crippen molar-refractivity contribution < 1.29 is 26.7 Å². The first-order chi connectivity index (χ1) is 16.8. The first-order valence-corrected chi connectivity index (χ1v) is 14.1. The molecule has 5 nitrogen and oxygen atoms in total. The van der Waals surface area contributed by atoms with Crippen LogP contribution in [0.1, 0.15) is 20.8 Å². The smallest absolute Gasteiger partial charge is 0.410 e. The van der Waals surface area contributed by atoms with Crippen molar-refractivity contribution in [3.63, 3.8) is 0 Å². The molecule has 36 heavy (non-hydrogen) atoms. The Morgan fingerprint density at radius 3 is 1.42 bits per heavy atom. The van der Waals surface area contributed by atoms with Crippen molar-refractivity contribution in [2.75, 3.05) is 32.3 Å². The number of carbonyl (C=O) groups excluding carboxylic acids is 2. The molecule has 0 unspecified atom stereocenters. The number of hydrogen-bond donors (Lipinski definition) is 0. The molecule has 1 fully saturated rings. The second-order valence-corrected chi connectivity index (χ2v) is 13.3. The van der Waals surface area contributed by atoms with Crippen LogP contribution in [0.3, 0.4) is 0 Å². The minimum absolute atomic E-state index is 0. The van der Waals surface area contributed by atoms with Gasteiger partial charge in [-0.3, -0.25) is 4.79 Å². The van der Waals surface area contributed by atoms with Crippen LogP contribution in [0.15, 0.2) is 91.0 Å². The highest BCUT2D eigenvalue weighted by Crippen LogP contribution is 2.55. The zero-order valence-electron chi connectivity index (χ0n) is 21.1. The molecule has 0 aromatic heterocycles. The minimum atomic E-state index is -2.23. The maximum Gasteiger partial charge on any atom is 0.410 e. The quantitative estimate of drug-likeness (QED) is 0.469. The number of hydrogen-bond acceptors (Lipinski definition) is 3. The van der Waals surface area contributed by atoms with Crippen LogP contribution < -0.4 is 28.3 Å². The summed E-state index contributed by atoms with van der Waals surface area (Å²) in [5.41, 5.74) is -0.533. The molecule has 2 amide bonds. The predicted molar refractivity (Wildman–Crippen MR) is 144 cm³/mol. The SMILES string of the molecule is CC(C)(C)OC(=O)N1CCN(C(=O)C[P+](c2ccccc2)(c2ccccc2)c2ccccc2)CC1.[Cl-]. The van der Waals surface area contributed by atoms with Crippen LogP contribution in [-0.2, 0) is 9.53 Å². The molecule has 0 aliphatic carbocycles. The number of rotatable bonds is 5. The van der Waals surface area contributed by atoms with Crippen molar-refractivity contribution in [2.45, 2.75) is 26.4 Å². The standard InChI is InChI=1S/C29H34N2O3P.ClH/c1-29(2,3)34-28(33)31-21-19-30(20-22-31)27(32)23-35(24-13-7-4-8-14-24,25-15-9-5-10-16-25)26-17-11-6-12-18-26;/h4-18H,19-23H2,1-3H3;1H/q+1;/p-1. The second-order valence-electron chi connectivity index (χ2n) is 9.82. The van der Waals surface area contributed by atoms with Crippen LogP contribution in [0.4, 0.5) is 4.79 Å². The van der Waals surface area contributed by atoms with E-state index in [-0.39, 0.29) is 24.4 Å². The molecule has 0 saturated carbocycles. The van der Waals surface area contributed by atoms with Crippen molar-refractivity contribution in [3.05, 3.63) is 91.0 Å². The van der Waals surface area contributed by atoms with Crippen LogP contribution in [0.2, 0.25) is 0 Å². The first-order valence-electron chi connectivity index (χ1n) is 12.1. The van der Waals surface area contributed by atoms with E-state index in [4.69, 9.17) is 4.74 Å². The highest BCUT2D eigenvalue weighted by Gasteiger charge is 2.48. The number of carbonyl (C=O) groups is 2. The summed E-state index contributed by atoms with van der Waals surface area (Å²) >= 11 is 0. The van der Waals surface area contributed by atoms with Gasteiger partial charge in [0.25, 0.3) is 5.91 Å². The molecule has 0 radical (unpaired) electrons. The number of amides is 2. The zero-order valence-corrected chi connectivity index (χ0v) is 22.8. The molecule has 1 heterocycles. The first kappa shape index (κ1) is 27.7. The lowest BCUT2D eigenvalue weighted by Gasteiger charge is -2.36. The van der Waals surface area contributed by atoms with Crippen LogP contribution >= 0.6 is 7.26 Å². The molecular weight excluding hydrogens is 491 g/mol. The third kappa shape index (κ3) is 6.27. The summed E-state index contributed by atoms with van der Waals surface area (Å²) in [6.07, 6.45) is 0.0987. The molecule has 3 aromatic rings. The van der Waals surface area contributed by atoms with Gasteiger partial charge in [0.2, 0.25) is 0 Å². The van der Waals surface area contributed by atoms with Crippen molar-refractivity contribution in [3.8, 4) is 0 Å². The monoisotopic (exact) mass is 524 g/mol. The number of benzene rings is 3.